The van der Waals surface area contributed by atoms with Crippen LogP contribution in [0, 0.1) is 11.8 Å². The Hall–Kier alpha value is -3.87. The molecule has 202 valence electrons. The molecule has 2 aliphatic heterocycles. The fourth-order valence-corrected chi connectivity index (χ4v) is 7.37. The molecule has 1 saturated heterocycles. The molecule has 0 bridgehead atoms. The van der Waals surface area contributed by atoms with Crippen molar-refractivity contribution < 1.29 is 14.6 Å². The molecular weight excluding hydrogens is 498 g/mol. The van der Waals surface area contributed by atoms with E-state index in [1.54, 1.807) is 6.08 Å². The predicted octanol–water partition coefficient (Wildman–Crippen LogP) is 4.93. The van der Waals surface area contributed by atoms with Crippen LogP contribution in [0.1, 0.15) is 36.0 Å². The molecule has 3 unspecified atom stereocenters. The van der Waals surface area contributed by atoms with Crippen LogP contribution >= 0.6 is 0 Å². The van der Waals surface area contributed by atoms with Crippen LogP contribution in [0.2, 0.25) is 0 Å². The Labute approximate surface area is 234 Å². The molecule has 1 N–H and O–H groups in total. The highest BCUT2D eigenvalue weighted by molar-refractivity contribution is 5.94. The number of hydrogen-bond acceptors (Lipinski definition) is 5. The van der Waals surface area contributed by atoms with Crippen molar-refractivity contribution in [2.45, 2.75) is 43.9 Å². The van der Waals surface area contributed by atoms with Crippen LogP contribution in [-0.2, 0) is 28.1 Å². The van der Waals surface area contributed by atoms with Crippen LogP contribution < -0.4 is 0 Å². The van der Waals surface area contributed by atoms with Crippen molar-refractivity contribution in [3.8, 4) is 0 Å². The van der Waals surface area contributed by atoms with Gasteiger partial charge in [-0.1, -0.05) is 78.9 Å². The molecular formula is C34H33N3O3. The fourth-order valence-electron chi connectivity index (χ4n) is 7.37. The number of hydrazine groups is 1. The Kier molecular flexibility index (Phi) is 5.44. The first-order chi connectivity index (χ1) is 19.6. The largest absolute Gasteiger partial charge is 0.488 e. The minimum Gasteiger partial charge on any atom is -0.488 e. The molecule has 3 atom stereocenters. The Morgan fingerprint density at radius 1 is 1.05 bits per heavy atom. The fraction of sp³-hybridized carbons (Fsp3) is 0.324. The Balaban J connectivity index is 1.28. The molecule has 8 rings (SSSR count). The summed E-state index contributed by atoms with van der Waals surface area (Å²) in [6.07, 6.45) is 15.9. The van der Waals surface area contributed by atoms with Gasteiger partial charge in [-0.05, 0) is 65.5 Å². The molecule has 0 spiro atoms. The van der Waals surface area contributed by atoms with Crippen LogP contribution in [0.3, 0.4) is 0 Å². The quantitative estimate of drug-likeness (QED) is 0.573. The number of carbonyl (C=O) groups is 1. The lowest BCUT2D eigenvalue weighted by molar-refractivity contribution is -0.164. The predicted molar refractivity (Wildman–Crippen MR) is 152 cm³/mol. The molecule has 2 aromatic carbocycles. The van der Waals surface area contributed by atoms with Crippen LogP contribution in [-0.4, -0.2) is 45.2 Å². The third-order valence-corrected chi connectivity index (χ3v) is 9.36. The standard InChI is InChI=1S/C34H33N3O3/c38-30-16-17-36-31(32(30)40-21-24-8-2-1-3-9-24)33(39)35(20-23-14-15-23)22-37(36)34-27(18-25-10-4-6-12-28(25)34)19-26-11-5-7-13-29(26)34/h1-12,16-17,19,23,29-30,38H,13-15,18,20-22H2. The molecule has 2 fully saturated rings. The first-order valence-corrected chi connectivity index (χ1v) is 14.4. The van der Waals surface area contributed by atoms with Crippen molar-refractivity contribution in [2.75, 3.05) is 13.2 Å². The van der Waals surface area contributed by atoms with Gasteiger partial charge < -0.3 is 14.7 Å². The van der Waals surface area contributed by atoms with E-state index in [4.69, 9.17) is 4.74 Å². The molecule has 2 heterocycles. The maximum absolute atomic E-state index is 14.2. The van der Waals surface area contributed by atoms with Gasteiger partial charge in [0.25, 0.3) is 5.91 Å². The molecule has 1 saturated carbocycles. The Bertz CT molecular complexity index is 1530. The van der Waals surface area contributed by atoms with E-state index < -0.39 is 11.6 Å². The maximum atomic E-state index is 14.2. The second kappa shape index (κ2) is 9.08. The Morgan fingerprint density at radius 2 is 1.88 bits per heavy atom. The number of nitrogens with zero attached hydrogens (tertiary/aromatic N) is 3. The number of amides is 1. The van der Waals surface area contributed by atoms with Gasteiger partial charge in [-0.3, -0.25) is 9.80 Å². The Morgan fingerprint density at radius 3 is 2.73 bits per heavy atom. The number of aliphatic hydroxyl groups is 1. The van der Waals surface area contributed by atoms with Crippen molar-refractivity contribution in [2.24, 2.45) is 11.8 Å². The average Bonchev–Trinajstić information content (AvgIpc) is 3.66. The molecule has 6 aliphatic rings. The number of allylic oxidation sites excluding steroid dienone is 4. The lowest BCUT2D eigenvalue weighted by Crippen LogP contribution is -2.65. The number of rotatable bonds is 6. The average molecular weight is 532 g/mol. The third-order valence-electron chi connectivity index (χ3n) is 9.36. The van der Waals surface area contributed by atoms with Gasteiger partial charge in [0.1, 0.15) is 12.7 Å². The smallest absolute Gasteiger partial charge is 0.276 e. The monoisotopic (exact) mass is 531 g/mol. The van der Waals surface area contributed by atoms with E-state index in [9.17, 15) is 9.90 Å². The normalized spacial score (nSPS) is 28.7. The lowest BCUT2D eigenvalue weighted by atomic mass is 9.74. The van der Waals surface area contributed by atoms with Gasteiger partial charge in [-0.25, -0.2) is 0 Å². The highest BCUT2D eigenvalue weighted by Crippen LogP contribution is 2.60. The number of carbonyl (C=O) groups excluding carboxylic acids is 1. The summed E-state index contributed by atoms with van der Waals surface area (Å²) in [5, 5.41) is 15.6. The van der Waals surface area contributed by atoms with Crippen molar-refractivity contribution in [3.05, 3.63) is 130 Å². The van der Waals surface area contributed by atoms with E-state index in [1.807, 2.05) is 46.4 Å². The van der Waals surface area contributed by atoms with Crippen molar-refractivity contribution >= 4 is 5.91 Å². The summed E-state index contributed by atoms with van der Waals surface area (Å²) in [7, 11) is 0. The van der Waals surface area contributed by atoms with Gasteiger partial charge in [0.05, 0.1) is 12.2 Å². The van der Waals surface area contributed by atoms with Gasteiger partial charge in [0, 0.05) is 18.7 Å². The minimum atomic E-state index is -0.985. The number of ether oxygens (including phenoxy) is 1. The van der Waals surface area contributed by atoms with E-state index in [2.05, 4.69) is 53.6 Å². The molecule has 1 amide bonds. The zero-order valence-electron chi connectivity index (χ0n) is 22.4. The zero-order valence-corrected chi connectivity index (χ0v) is 22.4. The van der Waals surface area contributed by atoms with E-state index in [0.717, 1.165) is 37.8 Å². The molecule has 2 aromatic rings. The van der Waals surface area contributed by atoms with Gasteiger partial charge >= 0.3 is 0 Å². The minimum absolute atomic E-state index is 0.0693. The van der Waals surface area contributed by atoms with E-state index in [1.165, 1.54) is 22.3 Å². The first-order valence-electron chi connectivity index (χ1n) is 14.4. The summed E-state index contributed by atoms with van der Waals surface area (Å²) in [5.74, 6) is 1.03. The third kappa shape index (κ3) is 3.52. The van der Waals surface area contributed by atoms with E-state index in [0.29, 0.717) is 24.0 Å². The first kappa shape index (κ1) is 24.0. The van der Waals surface area contributed by atoms with Crippen LogP contribution in [0.4, 0.5) is 0 Å². The lowest BCUT2D eigenvalue weighted by Gasteiger charge is -2.55. The zero-order chi connectivity index (χ0) is 26.8. The summed E-state index contributed by atoms with van der Waals surface area (Å²) < 4.78 is 6.31. The topological polar surface area (TPSA) is 56.3 Å². The number of fused-ring (bicyclic) bond motifs is 6. The van der Waals surface area contributed by atoms with Crippen LogP contribution in [0.25, 0.3) is 0 Å². The van der Waals surface area contributed by atoms with E-state index in [-0.39, 0.29) is 18.4 Å². The van der Waals surface area contributed by atoms with Crippen LogP contribution in [0.15, 0.2) is 114 Å². The number of benzene rings is 2. The maximum Gasteiger partial charge on any atom is 0.276 e. The van der Waals surface area contributed by atoms with Crippen molar-refractivity contribution in [1.29, 1.82) is 0 Å². The molecule has 6 nitrogen and oxygen atoms in total. The second-order valence-electron chi connectivity index (χ2n) is 11.8. The summed E-state index contributed by atoms with van der Waals surface area (Å²) in [4.78, 5) is 16.2. The summed E-state index contributed by atoms with van der Waals surface area (Å²) in [6, 6.07) is 18.7. The van der Waals surface area contributed by atoms with Crippen molar-refractivity contribution in [3.63, 3.8) is 0 Å². The summed E-state index contributed by atoms with van der Waals surface area (Å²) in [5.41, 5.74) is 6.39. The van der Waals surface area contributed by atoms with Crippen molar-refractivity contribution in [1.82, 2.24) is 14.9 Å². The number of hydrogen-bond donors (Lipinski definition) is 1. The van der Waals surface area contributed by atoms with Crippen LogP contribution in [0.5, 0.6) is 0 Å². The summed E-state index contributed by atoms with van der Waals surface area (Å²) in [6.45, 7) is 1.50. The highest BCUT2D eigenvalue weighted by atomic mass is 16.5. The second-order valence-corrected chi connectivity index (χ2v) is 11.8. The van der Waals surface area contributed by atoms with E-state index >= 15 is 0 Å². The molecule has 4 aliphatic carbocycles. The molecule has 40 heavy (non-hydrogen) atoms. The molecule has 0 radical (unpaired) electrons. The molecule has 6 heteroatoms. The number of aliphatic hydroxyl groups excluding tert-OH is 1. The highest BCUT2D eigenvalue weighted by Gasteiger charge is 2.60. The van der Waals surface area contributed by atoms with Gasteiger partial charge in [0.15, 0.2) is 11.5 Å². The molecule has 0 aromatic heterocycles. The van der Waals surface area contributed by atoms with Gasteiger partial charge in [0.2, 0.25) is 0 Å². The SMILES string of the molecule is O=C1C2=C(OCc3ccccc3)C(O)C=CN2N(C23C(=CC4=CC=CCC42)Cc2ccccc23)CN1CC1CC1. The summed E-state index contributed by atoms with van der Waals surface area (Å²) >= 11 is 0. The van der Waals surface area contributed by atoms with Gasteiger partial charge in [-0.15, -0.1) is 0 Å². The van der Waals surface area contributed by atoms with Gasteiger partial charge in [-0.2, -0.15) is 5.01 Å².